The van der Waals surface area contributed by atoms with Crippen LogP contribution in [0.1, 0.15) is 27.2 Å². The maximum atomic E-state index is 13.8. The molecule has 4 aromatic rings. The van der Waals surface area contributed by atoms with Crippen LogP contribution in [0, 0.1) is 13.8 Å². The van der Waals surface area contributed by atoms with Gasteiger partial charge in [0.1, 0.15) is 5.75 Å². The molecule has 1 unspecified atom stereocenters. The molecular formula is C24H20F3N3NaO6S2. The Kier molecular flexibility index (Phi) is 9.40. The van der Waals surface area contributed by atoms with Crippen molar-refractivity contribution in [1.29, 1.82) is 0 Å². The standard InChI is InChI=1S/C24H20F3N3O6S2.Na/c1-14-7-8-16(22(31)32)11-21(14)38(34,35)30-19-6-4-3-5-17(19)29-23(30)37(33)12-18-15(2)20(9-10-28-18)36-13-24(25,26)27;/h3-11H,12-13H2,1-2H3,(H,31,32);. The van der Waals surface area contributed by atoms with Crippen molar-refractivity contribution in [3.05, 3.63) is 77.1 Å². The minimum absolute atomic E-state index is 0. The van der Waals surface area contributed by atoms with Gasteiger partial charge in [-0.3, -0.25) is 4.98 Å². The van der Waals surface area contributed by atoms with Gasteiger partial charge in [-0.25, -0.2) is 13.2 Å². The zero-order valence-corrected chi connectivity index (χ0v) is 24.5. The first kappa shape index (κ1) is 30.9. The van der Waals surface area contributed by atoms with E-state index in [0.29, 0.717) is 0 Å². The first-order valence-electron chi connectivity index (χ1n) is 10.9. The Morgan fingerprint density at radius 1 is 1.15 bits per heavy atom. The number of imidazole rings is 1. The number of aromatic carboxylic acids is 1. The van der Waals surface area contributed by atoms with Crippen LogP contribution in [0.3, 0.4) is 0 Å². The molecule has 0 bridgehead atoms. The summed E-state index contributed by atoms with van der Waals surface area (Å²) in [7, 11) is -4.49. The number of carboxylic acid groups (broad SMARTS) is 1. The summed E-state index contributed by atoms with van der Waals surface area (Å²) in [5, 5.41) is 9.01. The maximum Gasteiger partial charge on any atom is 0.422 e. The van der Waals surface area contributed by atoms with E-state index in [-0.39, 0.29) is 84.5 Å². The minimum atomic E-state index is -4.56. The van der Waals surface area contributed by atoms with Crippen LogP contribution in [-0.4, -0.2) is 80.3 Å². The largest absolute Gasteiger partial charge is 0.609 e. The van der Waals surface area contributed by atoms with Crippen LogP contribution in [0.4, 0.5) is 13.2 Å². The summed E-state index contributed by atoms with van der Waals surface area (Å²) in [4.78, 5) is 19.5. The van der Waals surface area contributed by atoms with Crippen LogP contribution >= 0.6 is 0 Å². The number of ether oxygens (including phenoxy) is 1. The fraction of sp³-hybridized carbons (Fsp3) is 0.208. The van der Waals surface area contributed by atoms with Gasteiger partial charge < -0.3 is 14.4 Å². The number of aromatic nitrogens is 3. The summed E-state index contributed by atoms with van der Waals surface area (Å²) in [6, 6.07) is 11.0. The van der Waals surface area contributed by atoms with Crippen LogP contribution in [0.5, 0.6) is 5.75 Å². The summed E-state index contributed by atoms with van der Waals surface area (Å²) in [5.74, 6) is -1.80. The average molecular weight is 591 g/mol. The van der Waals surface area contributed by atoms with Gasteiger partial charge in [0.15, 0.2) is 12.4 Å². The fourth-order valence-corrected chi connectivity index (χ4v) is 6.98. The van der Waals surface area contributed by atoms with Gasteiger partial charge in [-0.15, -0.1) is 0 Å². The second-order valence-electron chi connectivity index (χ2n) is 8.21. The van der Waals surface area contributed by atoms with Gasteiger partial charge in [-0.1, -0.05) is 18.2 Å². The number of fused-ring (bicyclic) bond motifs is 1. The van der Waals surface area contributed by atoms with Crippen LogP contribution in [0.25, 0.3) is 11.0 Å². The van der Waals surface area contributed by atoms with Crippen LogP contribution < -0.4 is 4.74 Å². The molecule has 2 heterocycles. The van der Waals surface area contributed by atoms with Gasteiger partial charge in [0, 0.05) is 52.5 Å². The SMILES string of the molecule is Cc1ccc(C(=O)O)cc1S(=O)(=O)n1c([S+]([O-])Cc2nccc(OCC(F)(F)F)c2C)nc2ccccc21.[Na]. The van der Waals surface area contributed by atoms with Crippen LogP contribution in [0.15, 0.2) is 64.8 Å². The molecule has 0 saturated carbocycles. The van der Waals surface area contributed by atoms with Crippen molar-refractivity contribution < 1.29 is 40.8 Å². The molecule has 2 aromatic carbocycles. The number of alkyl halides is 3. The zero-order valence-electron chi connectivity index (χ0n) is 20.9. The molecule has 4 rings (SSSR count). The van der Waals surface area contributed by atoms with Gasteiger partial charge >= 0.3 is 17.3 Å². The van der Waals surface area contributed by atoms with Crippen molar-refractivity contribution in [2.75, 3.05) is 6.61 Å². The Labute approximate surface area is 246 Å². The Balaban J connectivity index is 0.00000420. The van der Waals surface area contributed by atoms with Gasteiger partial charge in [-0.2, -0.15) is 22.1 Å². The fourth-order valence-electron chi connectivity index (χ4n) is 3.68. The van der Waals surface area contributed by atoms with E-state index in [2.05, 4.69) is 9.97 Å². The molecule has 0 saturated heterocycles. The van der Waals surface area contributed by atoms with Gasteiger partial charge in [0.25, 0.3) is 10.0 Å². The third-order valence-corrected chi connectivity index (χ3v) is 8.74. The average Bonchev–Trinajstić information content (AvgIpc) is 3.25. The number of hydrogen-bond donors (Lipinski definition) is 1. The molecule has 15 heteroatoms. The Hall–Kier alpha value is -2.62. The van der Waals surface area contributed by atoms with E-state index in [9.17, 15) is 36.0 Å². The summed E-state index contributed by atoms with van der Waals surface area (Å²) in [6.45, 7) is 1.42. The molecule has 2 aromatic heterocycles. The number of aryl methyl sites for hydroxylation is 1. The molecule has 0 amide bonds. The monoisotopic (exact) mass is 590 g/mol. The second-order valence-corrected chi connectivity index (χ2v) is 11.3. The molecule has 0 aliphatic carbocycles. The summed E-state index contributed by atoms with van der Waals surface area (Å²) in [5.41, 5.74) is 0.679. The smallest absolute Gasteiger partial charge is 0.422 e. The zero-order chi connectivity index (χ0) is 27.8. The number of halogens is 3. The number of para-hydroxylation sites is 2. The predicted octanol–water partition coefficient (Wildman–Crippen LogP) is 3.85. The second kappa shape index (κ2) is 11.9. The number of nitrogens with zero attached hydrogens (tertiary/aromatic N) is 3. The molecule has 0 aliphatic heterocycles. The van der Waals surface area contributed by atoms with Crippen molar-refractivity contribution >= 4 is 67.8 Å². The number of carbonyl (C=O) groups is 1. The molecule has 0 aliphatic rings. The van der Waals surface area contributed by atoms with Gasteiger partial charge in [0.2, 0.25) is 0 Å². The van der Waals surface area contributed by atoms with E-state index in [1.54, 1.807) is 12.1 Å². The van der Waals surface area contributed by atoms with E-state index in [1.165, 1.54) is 50.4 Å². The van der Waals surface area contributed by atoms with E-state index in [1.807, 2.05) is 0 Å². The third-order valence-electron chi connectivity index (χ3n) is 5.57. The van der Waals surface area contributed by atoms with Crippen molar-refractivity contribution in [1.82, 2.24) is 13.9 Å². The molecular weight excluding hydrogens is 570 g/mol. The van der Waals surface area contributed by atoms with Crippen LogP contribution in [-0.2, 0) is 27.0 Å². The number of carboxylic acids is 1. The first-order chi connectivity index (χ1) is 17.8. The molecule has 39 heavy (non-hydrogen) atoms. The third kappa shape index (κ3) is 6.58. The van der Waals surface area contributed by atoms with E-state index in [0.717, 1.165) is 10.0 Å². The Bertz CT molecular complexity index is 1640. The maximum absolute atomic E-state index is 13.8. The Morgan fingerprint density at radius 3 is 2.51 bits per heavy atom. The molecule has 201 valence electrons. The van der Waals surface area contributed by atoms with Crippen molar-refractivity contribution in [2.45, 2.75) is 35.8 Å². The summed E-state index contributed by atoms with van der Waals surface area (Å²) in [6.07, 6.45) is -3.36. The molecule has 9 nitrogen and oxygen atoms in total. The summed E-state index contributed by atoms with van der Waals surface area (Å²) < 4.78 is 84.7. The quantitative estimate of drug-likeness (QED) is 0.242. The van der Waals surface area contributed by atoms with Crippen molar-refractivity contribution in [2.24, 2.45) is 0 Å². The molecule has 1 radical (unpaired) electrons. The van der Waals surface area contributed by atoms with E-state index in [4.69, 9.17) is 4.74 Å². The summed E-state index contributed by atoms with van der Waals surface area (Å²) >= 11 is -2.14. The topological polar surface area (TPSA) is 134 Å². The molecule has 0 fully saturated rings. The predicted molar refractivity (Wildman–Crippen MR) is 137 cm³/mol. The minimum Gasteiger partial charge on any atom is -0.609 e. The number of pyridine rings is 1. The number of hydrogen-bond acceptors (Lipinski definition) is 7. The first-order valence-corrected chi connectivity index (χ1v) is 13.6. The molecule has 1 atom stereocenters. The Morgan fingerprint density at radius 2 is 1.85 bits per heavy atom. The van der Waals surface area contributed by atoms with Gasteiger partial charge in [0.05, 0.1) is 27.2 Å². The normalized spacial score (nSPS) is 12.7. The van der Waals surface area contributed by atoms with Crippen molar-refractivity contribution in [3.8, 4) is 5.75 Å². The van der Waals surface area contributed by atoms with E-state index < -0.39 is 40.0 Å². The van der Waals surface area contributed by atoms with E-state index >= 15 is 0 Å². The molecule has 1 N–H and O–H groups in total. The number of benzene rings is 2. The van der Waals surface area contributed by atoms with Crippen molar-refractivity contribution in [3.63, 3.8) is 0 Å². The molecule has 0 spiro atoms. The number of rotatable bonds is 8. The van der Waals surface area contributed by atoms with Crippen LogP contribution in [0.2, 0.25) is 0 Å². The van der Waals surface area contributed by atoms with Gasteiger partial charge in [-0.05, 0) is 49.7 Å².